The molecule has 3 atom stereocenters. The van der Waals surface area contributed by atoms with Gasteiger partial charge in [0.25, 0.3) is 0 Å². The number of hydrogen-bond donors (Lipinski definition) is 4. The molecule has 0 amide bonds. The topological polar surface area (TPSA) is 108 Å². The third kappa shape index (κ3) is 3.25. The van der Waals surface area contributed by atoms with Crippen LogP contribution in [0.1, 0.15) is 22.7 Å². The number of aromatic nitrogens is 1. The van der Waals surface area contributed by atoms with Crippen LogP contribution in [0.3, 0.4) is 0 Å². The number of carboxylic acids is 1. The monoisotopic (exact) mass is 363 g/mol. The van der Waals surface area contributed by atoms with Gasteiger partial charge in [-0.15, -0.1) is 0 Å². The molecule has 27 heavy (non-hydrogen) atoms. The summed E-state index contributed by atoms with van der Waals surface area (Å²) in [6.45, 7) is 0. The van der Waals surface area contributed by atoms with Crippen molar-refractivity contribution in [2.75, 3.05) is 0 Å². The molecular weight excluding hydrogens is 342 g/mol. The molecule has 0 saturated heterocycles. The minimum Gasteiger partial charge on any atom is -0.480 e. The summed E-state index contributed by atoms with van der Waals surface area (Å²) >= 11 is 0. The highest BCUT2D eigenvalue weighted by Gasteiger charge is 2.36. The number of fused-ring (bicyclic) bond motifs is 2. The summed E-state index contributed by atoms with van der Waals surface area (Å²) in [5.74, 6) is -1.16. The van der Waals surface area contributed by atoms with Gasteiger partial charge in [0, 0.05) is 17.1 Å². The van der Waals surface area contributed by atoms with Gasteiger partial charge in [0.15, 0.2) is 5.78 Å². The van der Waals surface area contributed by atoms with Gasteiger partial charge in [0.2, 0.25) is 0 Å². The predicted molar refractivity (Wildman–Crippen MR) is 102 cm³/mol. The van der Waals surface area contributed by atoms with Crippen molar-refractivity contribution in [1.29, 1.82) is 0 Å². The van der Waals surface area contributed by atoms with E-state index in [1.165, 1.54) is 0 Å². The summed E-state index contributed by atoms with van der Waals surface area (Å²) in [5.41, 5.74) is 9.93. The van der Waals surface area contributed by atoms with Crippen molar-refractivity contribution in [3.63, 3.8) is 0 Å². The molecule has 0 spiro atoms. The van der Waals surface area contributed by atoms with Gasteiger partial charge in [-0.1, -0.05) is 42.5 Å². The van der Waals surface area contributed by atoms with Crippen LogP contribution in [0.5, 0.6) is 0 Å². The van der Waals surface area contributed by atoms with Gasteiger partial charge in [-0.05, 0) is 35.6 Å². The second-order valence-electron chi connectivity index (χ2n) is 6.97. The lowest BCUT2D eigenvalue weighted by atomic mass is 9.85. The number of aliphatic carboxylic acids is 1. The van der Waals surface area contributed by atoms with Crippen LogP contribution < -0.4 is 11.1 Å². The smallest absolute Gasteiger partial charge is 0.321 e. The van der Waals surface area contributed by atoms with Gasteiger partial charge in [0.05, 0.1) is 12.1 Å². The van der Waals surface area contributed by atoms with Crippen molar-refractivity contribution in [3.8, 4) is 0 Å². The maximum absolute atomic E-state index is 13.1. The van der Waals surface area contributed by atoms with Gasteiger partial charge in [0.1, 0.15) is 6.04 Å². The van der Waals surface area contributed by atoms with E-state index in [9.17, 15) is 14.7 Å². The van der Waals surface area contributed by atoms with Gasteiger partial charge in [-0.3, -0.25) is 14.9 Å². The van der Waals surface area contributed by atoms with Crippen molar-refractivity contribution >= 4 is 22.7 Å². The molecule has 1 aliphatic heterocycles. The fourth-order valence-electron chi connectivity index (χ4n) is 3.82. The molecule has 2 heterocycles. The molecule has 3 aromatic rings. The zero-order valence-electron chi connectivity index (χ0n) is 14.7. The summed E-state index contributed by atoms with van der Waals surface area (Å²) < 4.78 is 0. The molecule has 1 aromatic heterocycles. The van der Waals surface area contributed by atoms with Gasteiger partial charge < -0.3 is 15.8 Å². The summed E-state index contributed by atoms with van der Waals surface area (Å²) in [7, 11) is 0. The van der Waals surface area contributed by atoms with Crippen LogP contribution >= 0.6 is 0 Å². The first-order valence-corrected chi connectivity index (χ1v) is 8.95. The van der Waals surface area contributed by atoms with E-state index in [2.05, 4.69) is 10.3 Å². The van der Waals surface area contributed by atoms with E-state index in [-0.39, 0.29) is 5.78 Å². The minimum atomic E-state index is -0.965. The van der Waals surface area contributed by atoms with E-state index in [4.69, 9.17) is 5.73 Å². The van der Waals surface area contributed by atoms with Crippen LogP contribution in [0.25, 0.3) is 10.9 Å². The molecule has 1 aliphatic rings. The summed E-state index contributed by atoms with van der Waals surface area (Å²) in [4.78, 5) is 27.8. The first kappa shape index (κ1) is 17.5. The van der Waals surface area contributed by atoms with Crippen molar-refractivity contribution in [1.82, 2.24) is 10.3 Å². The fraction of sp³-hybridized carbons (Fsp3) is 0.238. The van der Waals surface area contributed by atoms with Crippen LogP contribution in [0, 0.1) is 0 Å². The maximum atomic E-state index is 13.1. The quantitative estimate of drug-likeness (QED) is 0.554. The molecule has 0 saturated carbocycles. The summed E-state index contributed by atoms with van der Waals surface area (Å²) in [5, 5.41) is 13.4. The number of H-pyrrole nitrogens is 1. The van der Waals surface area contributed by atoms with Crippen LogP contribution in [0.15, 0.2) is 54.7 Å². The molecule has 0 radical (unpaired) electrons. The molecule has 3 unspecified atom stereocenters. The average Bonchev–Trinajstić information content (AvgIpc) is 3.09. The zero-order valence-corrected chi connectivity index (χ0v) is 14.7. The molecule has 6 nitrogen and oxygen atoms in total. The van der Waals surface area contributed by atoms with E-state index in [1.54, 1.807) is 0 Å². The molecule has 2 aromatic carbocycles. The molecule has 0 bridgehead atoms. The first-order valence-electron chi connectivity index (χ1n) is 8.95. The normalized spacial score (nSPS) is 20.2. The van der Waals surface area contributed by atoms with Crippen LogP contribution in [-0.4, -0.2) is 33.9 Å². The Balaban J connectivity index is 1.60. The highest BCUT2D eigenvalue weighted by atomic mass is 16.4. The zero-order chi connectivity index (χ0) is 19.0. The second-order valence-corrected chi connectivity index (χ2v) is 6.97. The third-order valence-electron chi connectivity index (χ3n) is 5.22. The Morgan fingerprint density at radius 1 is 1.15 bits per heavy atom. The maximum Gasteiger partial charge on any atom is 0.321 e. The number of para-hydroxylation sites is 1. The number of rotatable bonds is 5. The van der Waals surface area contributed by atoms with Gasteiger partial charge in [-0.25, -0.2) is 0 Å². The SMILES string of the molecule is NC(Cc1c[nH]c2ccccc12)C(=O)C1NC(C(=O)O)Cc2ccccc21. The minimum absolute atomic E-state index is 0.196. The Kier molecular flexibility index (Phi) is 4.51. The third-order valence-corrected chi connectivity index (χ3v) is 5.22. The predicted octanol–water partition coefficient (Wildman–Crippen LogP) is 1.95. The number of carbonyl (C=O) groups is 2. The van der Waals surface area contributed by atoms with E-state index in [0.29, 0.717) is 12.8 Å². The van der Waals surface area contributed by atoms with E-state index >= 15 is 0 Å². The Labute approximate surface area is 156 Å². The lowest BCUT2D eigenvalue weighted by Crippen LogP contribution is -2.51. The summed E-state index contributed by atoms with van der Waals surface area (Å²) in [6.07, 6.45) is 2.62. The molecule has 4 rings (SSSR count). The molecule has 138 valence electrons. The Morgan fingerprint density at radius 3 is 2.70 bits per heavy atom. The molecule has 0 fully saturated rings. The number of nitrogens with two attached hydrogens (primary N) is 1. The van der Waals surface area contributed by atoms with Crippen molar-refractivity contribution in [2.24, 2.45) is 5.73 Å². The number of benzene rings is 2. The lowest BCUT2D eigenvalue weighted by Gasteiger charge is -2.31. The molecule has 6 heteroatoms. The number of aromatic amines is 1. The first-order chi connectivity index (χ1) is 13.0. The summed E-state index contributed by atoms with van der Waals surface area (Å²) in [6, 6.07) is 13.1. The van der Waals surface area contributed by atoms with Gasteiger partial charge in [-0.2, -0.15) is 0 Å². The Hall–Kier alpha value is -2.96. The number of ketones is 1. The largest absolute Gasteiger partial charge is 0.480 e. The van der Waals surface area contributed by atoms with E-state index in [0.717, 1.165) is 27.6 Å². The second kappa shape index (κ2) is 6.98. The average molecular weight is 363 g/mol. The molecule has 5 N–H and O–H groups in total. The standard InChI is InChI=1S/C21H21N3O3/c22-16(9-13-11-23-17-8-4-3-6-14(13)17)20(25)19-15-7-2-1-5-12(15)10-18(24-19)21(26)27/h1-8,11,16,18-19,23-24H,9-10,22H2,(H,26,27). The van der Waals surface area contributed by atoms with Crippen molar-refractivity contribution in [2.45, 2.75) is 31.0 Å². The highest BCUT2D eigenvalue weighted by Crippen LogP contribution is 2.28. The molecular formula is C21H21N3O3. The molecule has 0 aliphatic carbocycles. The van der Waals surface area contributed by atoms with Gasteiger partial charge >= 0.3 is 5.97 Å². The van der Waals surface area contributed by atoms with Crippen molar-refractivity contribution < 1.29 is 14.7 Å². The highest BCUT2D eigenvalue weighted by molar-refractivity contribution is 5.92. The van der Waals surface area contributed by atoms with Crippen molar-refractivity contribution in [3.05, 3.63) is 71.4 Å². The van der Waals surface area contributed by atoms with Crippen LogP contribution in [0.2, 0.25) is 0 Å². The Morgan fingerprint density at radius 2 is 1.89 bits per heavy atom. The number of nitrogens with one attached hydrogen (secondary N) is 2. The number of Topliss-reactive ketones (excluding diaryl/α,β-unsaturated/α-hetero) is 1. The number of hydrogen-bond acceptors (Lipinski definition) is 4. The number of carbonyl (C=O) groups excluding carboxylic acids is 1. The van der Waals surface area contributed by atoms with E-state index in [1.807, 2.05) is 54.7 Å². The number of carboxylic acid groups (broad SMARTS) is 1. The lowest BCUT2D eigenvalue weighted by molar-refractivity contribution is -0.140. The van der Waals surface area contributed by atoms with Crippen LogP contribution in [-0.2, 0) is 22.4 Å². The Bertz CT molecular complexity index is 1010. The fourth-order valence-corrected chi connectivity index (χ4v) is 3.82. The van der Waals surface area contributed by atoms with E-state index < -0.39 is 24.1 Å². The van der Waals surface area contributed by atoms with Crippen LogP contribution in [0.4, 0.5) is 0 Å².